The molecule has 4 fully saturated rings. The molecule has 270 valence electrons. The number of imidazole rings is 1. The first-order chi connectivity index (χ1) is 27.7. The van der Waals surface area contributed by atoms with Crippen molar-refractivity contribution in [1.82, 2.24) is 9.55 Å². The number of fused-ring (bicyclic) bond motifs is 3. The number of aromatic nitrogens is 2. The van der Waals surface area contributed by atoms with E-state index in [4.69, 9.17) is 4.98 Å². The van der Waals surface area contributed by atoms with Crippen molar-refractivity contribution in [3.8, 4) is 39.3 Å². The van der Waals surface area contributed by atoms with E-state index in [9.17, 15) is 0 Å². The van der Waals surface area contributed by atoms with Gasteiger partial charge >= 0.3 is 0 Å². The van der Waals surface area contributed by atoms with E-state index in [0.29, 0.717) is 11.8 Å². The Balaban J connectivity index is 0.988. The fourth-order valence-electron chi connectivity index (χ4n) is 12.0. The van der Waals surface area contributed by atoms with E-state index in [2.05, 4.69) is 185 Å². The molecule has 0 unspecified atom stereocenters. The number of para-hydroxylation sites is 5. The molecule has 3 heteroatoms. The zero-order valence-corrected chi connectivity index (χ0v) is 31.4. The van der Waals surface area contributed by atoms with E-state index in [-0.39, 0.29) is 5.41 Å². The van der Waals surface area contributed by atoms with Crippen molar-refractivity contribution in [2.24, 2.45) is 23.7 Å². The van der Waals surface area contributed by atoms with Crippen LogP contribution in [0.4, 0.5) is 17.1 Å². The Bertz CT molecular complexity index is 2750. The number of hydrogen-bond donors (Lipinski definition) is 0. The van der Waals surface area contributed by atoms with Crippen LogP contribution in [0.1, 0.15) is 43.2 Å². The van der Waals surface area contributed by atoms with E-state index in [1.807, 2.05) is 0 Å². The lowest BCUT2D eigenvalue weighted by molar-refractivity contribution is -0.0419. The molecule has 5 aliphatic rings. The third kappa shape index (κ3) is 4.73. The van der Waals surface area contributed by atoms with Gasteiger partial charge in [-0.2, -0.15) is 0 Å². The molecule has 8 aromatic rings. The highest BCUT2D eigenvalue weighted by Gasteiger charge is 2.61. The van der Waals surface area contributed by atoms with Gasteiger partial charge in [-0.15, -0.1) is 0 Å². The number of anilines is 3. The summed E-state index contributed by atoms with van der Waals surface area (Å²) in [4.78, 5) is 7.74. The minimum Gasteiger partial charge on any atom is -0.310 e. The maximum atomic E-state index is 5.17. The van der Waals surface area contributed by atoms with Crippen LogP contribution in [0.3, 0.4) is 0 Å². The molecule has 13 rings (SSSR count). The third-order valence-electron chi connectivity index (χ3n) is 13.9. The highest BCUT2D eigenvalue weighted by Crippen LogP contribution is 2.69. The summed E-state index contributed by atoms with van der Waals surface area (Å²) in [6, 6.07) is 65.0. The highest BCUT2D eigenvalue weighted by molar-refractivity contribution is 5.90. The van der Waals surface area contributed by atoms with Crippen LogP contribution in [-0.2, 0) is 5.41 Å². The molecule has 1 aromatic heterocycles. The summed E-state index contributed by atoms with van der Waals surface area (Å²) in [6.45, 7) is 0. The molecule has 7 aromatic carbocycles. The Morgan fingerprint density at radius 3 is 1.70 bits per heavy atom. The smallest absolute Gasteiger partial charge is 0.145 e. The molecule has 0 radical (unpaired) electrons. The quantitative estimate of drug-likeness (QED) is 0.176. The molecule has 56 heavy (non-hydrogen) atoms. The Morgan fingerprint density at radius 1 is 0.429 bits per heavy atom. The molecule has 4 bridgehead atoms. The van der Waals surface area contributed by atoms with Gasteiger partial charge in [0.2, 0.25) is 0 Å². The summed E-state index contributed by atoms with van der Waals surface area (Å²) >= 11 is 0. The number of benzene rings is 7. The van der Waals surface area contributed by atoms with Gasteiger partial charge in [-0.25, -0.2) is 4.98 Å². The second-order valence-electron chi connectivity index (χ2n) is 16.9. The first kappa shape index (κ1) is 32.1. The van der Waals surface area contributed by atoms with Crippen LogP contribution in [0.25, 0.3) is 50.4 Å². The van der Waals surface area contributed by atoms with Crippen molar-refractivity contribution < 1.29 is 0 Å². The number of rotatable bonds is 5. The molecule has 4 saturated carbocycles. The second kappa shape index (κ2) is 12.4. The largest absolute Gasteiger partial charge is 0.310 e. The summed E-state index contributed by atoms with van der Waals surface area (Å²) < 4.78 is 2.28. The topological polar surface area (TPSA) is 21.1 Å². The van der Waals surface area contributed by atoms with Crippen LogP contribution in [0.15, 0.2) is 176 Å². The molecule has 2 heterocycles. The minimum absolute atomic E-state index is 0.0711. The Hall–Kier alpha value is -6.19. The van der Waals surface area contributed by atoms with E-state index in [1.54, 1.807) is 11.1 Å². The zero-order valence-electron chi connectivity index (χ0n) is 31.4. The first-order valence-corrected chi connectivity index (χ1v) is 20.6. The van der Waals surface area contributed by atoms with Crippen molar-refractivity contribution in [3.63, 3.8) is 0 Å². The van der Waals surface area contributed by atoms with Crippen LogP contribution < -0.4 is 4.90 Å². The lowest BCUT2D eigenvalue weighted by atomic mass is 9.41. The summed E-state index contributed by atoms with van der Waals surface area (Å²) in [5.41, 5.74) is 16.3. The summed E-state index contributed by atoms with van der Waals surface area (Å²) in [6.07, 6.45) is 6.94. The van der Waals surface area contributed by atoms with Crippen molar-refractivity contribution in [3.05, 3.63) is 187 Å². The second-order valence-corrected chi connectivity index (χ2v) is 16.9. The Labute approximate surface area is 328 Å². The van der Waals surface area contributed by atoms with Gasteiger partial charge in [0.1, 0.15) is 5.82 Å². The minimum atomic E-state index is 0.0711. The monoisotopic (exact) mass is 721 g/mol. The maximum absolute atomic E-state index is 5.17. The molecule has 0 N–H and O–H groups in total. The molecule has 4 aliphatic carbocycles. The molecule has 0 saturated heterocycles. The van der Waals surface area contributed by atoms with Gasteiger partial charge in [0, 0.05) is 22.4 Å². The molecule has 0 atom stereocenters. The predicted molar refractivity (Wildman–Crippen MR) is 230 cm³/mol. The molecular formula is C53H43N3. The van der Waals surface area contributed by atoms with Gasteiger partial charge in [0.25, 0.3) is 0 Å². The normalized spacial score (nSPS) is 23.0. The fraction of sp³-hybridized carbons (Fsp3) is 0.189. The fourth-order valence-corrected chi connectivity index (χ4v) is 12.0. The molecule has 3 nitrogen and oxygen atoms in total. The predicted octanol–water partition coefficient (Wildman–Crippen LogP) is 13.6. The zero-order chi connectivity index (χ0) is 36.8. The van der Waals surface area contributed by atoms with Gasteiger partial charge in [0.05, 0.1) is 22.4 Å². The van der Waals surface area contributed by atoms with Gasteiger partial charge in [-0.05, 0) is 150 Å². The Morgan fingerprint density at radius 2 is 0.982 bits per heavy atom. The van der Waals surface area contributed by atoms with Crippen LogP contribution in [0.5, 0.6) is 0 Å². The summed E-state index contributed by atoms with van der Waals surface area (Å²) in [7, 11) is 0. The molecule has 1 spiro atoms. The number of hydrogen-bond acceptors (Lipinski definition) is 2. The average Bonchev–Trinajstić information content (AvgIpc) is 3.65. The van der Waals surface area contributed by atoms with Crippen LogP contribution in [0.2, 0.25) is 0 Å². The van der Waals surface area contributed by atoms with Gasteiger partial charge < -0.3 is 4.90 Å². The van der Waals surface area contributed by atoms with E-state index in [0.717, 1.165) is 39.9 Å². The van der Waals surface area contributed by atoms with Gasteiger partial charge in [0.15, 0.2) is 0 Å². The van der Waals surface area contributed by atoms with Gasteiger partial charge in [-0.3, -0.25) is 4.57 Å². The van der Waals surface area contributed by atoms with Crippen molar-refractivity contribution in [2.45, 2.75) is 37.5 Å². The van der Waals surface area contributed by atoms with Crippen LogP contribution >= 0.6 is 0 Å². The molecule has 1 aliphatic heterocycles. The lowest BCUT2D eigenvalue weighted by Gasteiger charge is -2.64. The molecule has 0 amide bonds. The van der Waals surface area contributed by atoms with Crippen molar-refractivity contribution in [2.75, 3.05) is 4.90 Å². The summed E-state index contributed by atoms with van der Waals surface area (Å²) in [5, 5.41) is 0. The van der Waals surface area contributed by atoms with Crippen molar-refractivity contribution >= 4 is 28.1 Å². The Kier molecular flexibility index (Phi) is 7.11. The highest BCUT2D eigenvalue weighted by atomic mass is 15.2. The average molecular weight is 722 g/mol. The van der Waals surface area contributed by atoms with E-state index >= 15 is 0 Å². The SMILES string of the molecule is c1ccc(N2c3ccccc3C3(c4ccc(-c5cccc(-c6cccc(-c7nc8ccccc8n7-c7ccccc7)c6)c5)cc42)C2CC4CC(C2)CC3C4)cc1. The first-order valence-electron chi connectivity index (χ1n) is 20.6. The third-order valence-corrected chi connectivity index (χ3v) is 13.9. The van der Waals surface area contributed by atoms with Crippen molar-refractivity contribution in [1.29, 1.82) is 0 Å². The van der Waals surface area contributed by atoms with Gasteiger partial charge in [-0.1, -0.05) is 115 Å². The van der Waals surface area contributed by atoms with E-state index < -0.39 is 0 Å². The maximum Gasteiger partial charge on any atom is 0.145 e. The van der Waals surface area contributed by atoms with E-state index in [1.165, 1.54) is 71.4 Å². The standard InChI is InChI=1S/C53H43N3/c1-3-17-44(18-4-1)55-49-23-9-7-21-46(49)53(42-28-35-27-36(30-42)31-43(53)29-35)47-26-25-40(34-51(47)55)38-14-11-13-37(32-38)39-15-12-16-41(33-39)52-54-48-22-8-10-24-50(48)56(52)45-19-5-2-6-20-45/h1-26,32-36,42-43H,27-31H2. The van der Waals surface area contributed by atoms with Crippen LogP contribution in [-0.4, -0.2) is 9.55 Å². The van der Waals surface area contributed by atoms with Crippen LogP contribution in [0, 0.1) is 23.7 Å². The lowest BCUT2D eigenvalue weighted by Crippen LogP contribution is -2.57. The molecular weight excluding hydrogens is 679 g/mol. The summed E-state index contributed by atoms with van der Waals surface area (Å²) in [5.74, 6) is 4.17. The number of nitrogens with zero attached hydrogens (tertiary/aromatic N) is 3.